The summed E-state index contributed by atoms with van der Waals surface area (Å²) in [6.45, 7) is 8.72. The number of aryl methyl sites for hydroxylation is 1. The molecule has 0 aromatic heterocycles. The maximum Gasteiger partial charge on any atom is 0.328 e. The number of carbonyl (C=O) groups is 2. The number of hydrogen-bond donors (Lipinski definition) is 1. The SMILES string of the molecule is Cc1cccc(C(=O)N[C@@H](C)C(=O)OC(C)(C)C)c1Cl. The normalized spacial score (nSPS) is 12.7. The molecule has 20 heavy (non-hydrogen) atoms. The molecule has 110 valence electrons. The van der Waals surface area contributed by atoms with Crippen LogP contribution in [0.3, 0.4) is 0 Å². The van der Waals surface area contributed by atoms with E-state index in [1.807, 2.05) is 13.0 Å². The van der Waals surface area contributed by atoms with Gasteiger partial charge in [-0.25, -0.2) is 4.79 Å². The molecule has 0 saturated heterocycles. The molecule has 0 bridgehead atoms. The van der Waals surface area contributed by atoms with Crippen molar-refractivity contribution in [2.75, 3.05) is 0 Å². The van der Waals surface area contributed by atoms with Gasteiger partial charge >= 0.3 is 5.97 Å². The Kier molecular flexibility index (Phi) is 5.17. The first-order valence-electron chi connectivity index (χ1n) is 6.40. The van der Waals surface area contributed by atoms with Gasteiger partial charge in [0, 0.05) is 0 Å². The fourth-order valence-corrected chi connectivity index (χ4v) is 1.76. The molecule has 4 nitrogen and oxygen atoms in total. The first kappa shape index (κ1) is 16.5. The number of hydrogen-bond acceptors (Lipinski definition) is 3. The topological polar surface area (TPSA) is 55.4 Å². The van der Waals surface area contributed by atoms with Gasteiger partial charge in [0.15, 0.2) is 0 Å². The van der Waals surface area contributed by atoms with E-state index < -0.39 is 23.5 Å². The van der Waals surface area contributed by atoms with Crippen molar-refractivity contribution in [1.82, 2.24) is 5.32 Å². The van der Waals surface area contributed by atoms with Crippen LogP contribution < -0.4 is 5.32 Å². The molecule has 0 aliphatic rings. The van der Waals surface area contributed by atoms with Crippen molar-refractivity contribution in [1.29, 1.82) is 0 Å². The number of benzene rings is 1. The van der Waals surface area contributed by atoms with E-state index in [1.54, 1.807) is 39.8 Å². The van der Waals surface area contributed by atoms with Crippen molar-refractivity contribution in [2.24, 2.45) is 0 Å². The van der Waals surface area contributed by atoms with Crippen molar-refractivity contribution in [3.8, 4) is 0 Å². The van der Waals surface area contributed by atoms with Crippen molar-refractivity contribution < 1.29 is 14.3 Å². The predicted molar refractivity (Wildman–Crippen MR) is 79.0 cm³/mol. The molecule has 0 fully saturated rings. The fourth-order valence-electron chi connectivity index (χ4n) is 1.55. The molecule has 0 aliphatic heterocycles. The molecule has 0 radical (unpaired) electrons. The summed E-state index contributed by atoms with van der Waals surface area (Å²) in [7, 11) is 0. The van der Waals surface area contributed by atoms with Crippen molar-refractivity contribution in [3.63, 3.8) is 0 Å². The number of rotatable bonds is 3. The average Bonchev–Trinajstić information content (AvgIpc) is 2.30. The molecule has 1 N–H and O–H groups in total. The zero-order valence-corrected chi connectivity index (χ0v) is 13.2. The zero-order valence-electron chi connectivity index (χ0n) is 12.4. The maximum atomic E-state index is 12.1. The van der Waals surface area contributed by atoms with Crippen LogP contribution in [-0.2, 0) is 9.53 Å². The third-order valence-corrected chi connectivity index (χ3v) is 3.05. The van der Waals surface area contributed by atoms with Crippen LogP contribution in [0, 0.1) is 6.92 Å². The van der Waals surface area contributed by atoms with Crippen LogP contribution >= 0.6 is 11.6 Å². The molecule has 1 rings (SSSR count). The van der Waals surface area contributed by atoms with Gasteiger partial charge in [0.1, 0.15) is 11.6 Å². The number of nitrogens with one attached hydrogen (secondary N) is 1. The Labute approximate surface area is 124 Å². The van der Waals surface area contributed by atoms with Crippen LogP contribution in [0.2, 0.25) is 5.02 Å². The van der Waals surface area contributed by atoms with E-state index in [0.717, 1.165) is 5.56 Å². The molecule has 5 heteroatoms. The standard InChI is InChI=1S/C15H20ClNO3/c1-9-7-6-8-11(12(9)16)13(18)17-10(2)14(19)20-15(3,4)5/h6-8,10H,1-5H3,(H,17,18)/t10-/m0/s1. The van der Waals surface area contributed by atoms with Crippen molar-refractivity contribution >= 4 is 23.5 Å². The highest BCUT2D eigenvalue weighted by molar-refractivity contribution is 6.34. The highest BCUT2D eigenvalue weighted by Gasteiger charge is 2.24. The molecule has 0 unspecified atom stereocenters. The van der Waals surface area contributed by atoms with Crippen LogP contribution in [0.15, 0.2) is 18.2 Å². The van der Waals surface area contributed by atoms with E-state index in [2.05, 4.69) is 5.32 Å². The summed E-state index contributed by atoms with van der Waals surface area (Å²) in [5.41, 5.74) is 0.572. The molecule has 0 spiro atoms. The number of ether oxygens (including phenoxy) is 1. The minimum absolute atomic E-state index is 0.349. The van der Waals surface area contributed by atoms with Gasteiger partial charge in [-0.3, -0.25) is 4.79 Å². The lowest BCUT2D eigenvalue weighted by Crippen LogP contribution is -2.42. The fraction of sp³-hybridized carbons (Fsp3) is 0.467. The summed E-state index contributed by atoms with van der Waals surface area (Å²) in [6.07, 6.45) is 0. The van der Waals surface area contributed by atoms with E-state index in [1.165, 1.54) is 0 Å². The van der Waals surface area contributed by atoms with Gasteiger partial charge in [0.05, 0.1) is 10.6 Å². The molecular formula is C15H20ClNO3. The van der Waals surface area contributed by atoms with E-state index in [-0.39, 0.29) is 0 Å². The summed E-state index contributed by atoms with van der Waals surface area (Å²) < 4.78 is 5.20. The number of esters is 1. The summed E-state index contributed by atoms with van der Waals surface area (Å²) in [5, 5.41) is 2.98. The number of halogens is 1. The molecule has 0 saturated carbocycles. The monoisotopic (exact) mass is 297 g/mol. The Bertz CT molecular complexity index is 520. The number of carbonyl (C=O) groups excluding carboxylic acids is 2. The van der Waals surface area contributed by atoms with Gasteiger partial charge in [-0.1, -0.05) is 23.7 Å². The van der Waals surface area contributed by atoms with Gasteiger partial charge < -0.3 is 10.1 Å². The Morgan fingerprint density at radius 1 is 1.30 bits per heavy atom. The minimum atomic E-state index is -0.738. The van der Waals surface area contributed by atoms with E-state index >= 15 is 0 Å². The van der Waals surface area contributed by atoms with Crippen molar-refractivity contribution in [3.05, 3.63) is 34.3 Å². The Balaban J connectivity index is 2.76. The lowest BCUT2D eigenvalue weighted by atomic mass is 10.1. The van der Waals surface area contributed by atoms with E-state index in [9.17, 15) is 9.59 Å². The second-order valence-corrected chi connectivity index (χ2v) is 6.04. The second kappa shape index (κ2) is 6.27. The predicted octanol–water partition coefficient (Wildman–Crippen LogP) is 3.11. The third kappa shape index (κ3) is 4.53. The molecular weight excluding hydrogens is 278 g/mol. The van der Waals surface area contributed by atoms with Gasteiger partial charge in [-0.15, -0.1) is 0 Å². The second-order valence-electron chi connectivity index (χ2n) is 5.67. The van der Waals surface area contributed by atoms with Gasteiger partial charge in [0.25, 0.3) is 5.91 Å². The lowest BCUT2D eigenvalue weighted by molar-refractivity contribution is -0.156. The van der Waals surface area contributed by atoms with Crippen LogP contribution in [0.4, 0.5) is 0 Å². The Morgan fingerprint density at radius 2 is 1.90 bits per heavy atom. The summed E-state index contributed by atoms with van der Waals surface area (Å²) in [6, 6.07) is 4.44. The van der Waals surface area contributed by atoms with Crippen LogP contribution in [0.5, 0.6) is 0 Å². The smallest absolute Gasteiger partial charge is 0.328 e. The lowest BCUT2D eigenvalue weighted by Gasteiger charge is -2.22. The molecule has 1 aromatic carbocycles. The van der Waals surface area contributed by atoms with Gasteiger partial charge in [-0.05, 0) is 46.2 Å². The number of amides is 1. The van der Waals surface area contributed by atoms with E-state index in [0.29, 0.717) is 10.6 Å². The van der Waals surface area contributed by atoms with Crippen molar-refractivity contribution in [2.45, 2.75) is 46.3 Å². The first-order chi connectivity index (χ1) is 9.11. The van der Waals surface area contributed by atoms with Gasteiger partial charge in [0.2, 0.25) is 0 Å². The molecule has 1 atom stereocenters. The third-order valence-electron chi connectivity index (χ3n) is 2.54. The molecule has 0 aliphatic carbocycles. The largest absolute Gasteiger partial charge is 0.458 e. The van der Waals surface area contributed by atoms with E-state index in [4.69, 9.17) is 16.3 Å². The summed E-state index contributed by atoms with van der Waals surface area (Å²) >= 11 is 6.08. The minimum Gasteiger partial charge on any atom is -0.458 e. The van der Waals surface area contributed by atoms with Crippen LogP contribution in [0.25, 0.3) is 0 Å². The Hall–Kier alpha value is -1.55. The average molecular weight is 298 g/mol. The Morgan fingerprint density at radius 3 is 2.45 bits per heavy atom. The first-order valence-corrected chi connectivity index (χ1v) is 6.78. The summed E-state index contributed by atoms with van der Waals surface area (Å²) in [4.78, 5) is 23.9. The highest BCUT2D eigenvalue weighted by atomic mass is 35.5. The quantitative estimate of drug-likeness (QED) is 0.872. The summed E-state index contributed by atoms with van der Waals surface area (Å²) in [5.74, 6) is -0.869. The zero-order chi connectivity index (χ0) is 15.5. The molecule has 1 amide bonds. The molecule has 1 aromatic rings. The van der Waals surface area contributed by atoms with Crippen LogP contribution in [0.1, 0.15) is 43.6 Å². The van der Waals surface area contributed by atoms with Gasteiger partial charge in [-0.2, -0.15) is 0 Å². The maximum absolute atomic E-state index is 12.1. The molecule has 0 heterocycles. The van der Waals surface area contributed by atoms with Crippen LogP contribution in [-0.4, -0.2) is 23.5 Å². The highest BCUT2D eigenvalue weighted by Crippen LogP contribution is 2.20.